The predicted octanol–water partition coefficient (Wildman–Crippen LogP) is 1.91. The van der Waals surface area contributed by atoms with Gasteiger partial charge in [0.25, 0.3) is 6.47 Å². The van der Waals surface area contributed by atoms with Gasteiger partial charge in [-0.05, 0) is 48.9 Å². The molecule has 1 aliphatic carbocycles. The Bertz CT molecular complexity index is 767. The van der Waals surface area contributed by atoms with Gasteiger partial charge in [0.15, 0.2) is 0 Å². The molecule has 152 valence electrons. The monoisotopic (exact) mass is 391 g/mol. The second-order valence-electron chi connectivity index (χ2n) is 7.49. The van der Waals surface area contributed by atoms with Crippen LogP contribution in [0.25, 0.3) is 0 Å². The van der Waals surface area contributed by atoms with Crippen molar-refractivity contribution in [2.75, 3.05) is 13.1 Å². The van der Waals surface area contributed by atoms with E-state index in [1.165, 1.54) is 17.7 Å². The SMILES string of the molecule is Cn1cc(CN2C[C@H]3C[C@@H](Oc4ccc(F)cc4)[C@H](O)C[C@H]3C2)cn1.O=CO. The summed E-state index contributed by atoms with van der Waals surface area (Å²) in [5, 5.41) is 21.6. The summed E-state index contributed by atoms with van der Waals surface area (Å²) in [5.74, 6) is 1.39. The number of benzene rings is 1. The Morgan fingerprint density at radius 3 is 2.50 bits per heavy atom. The number of halogens is 1. The fourth-order valence-electron chi connectivity index (χ4n) is 4.24. The number of hydrogen-bond donors (Lipinski definition) is 2. The molecule has 1 saturated heterocycles. The van der Waals surface area contributed by atoms with Crippen LogP contribution in [0.5, 0.6) is 5.75 Å². The lowest BCUT2D eigenvalue weighted by Gasteiger charge is -2.35. The first-order valence-electron chi connectivity index (χ1n) is 9.36. The summed E-state index contributed by atoms with van der Waals surface area (Å²) in [4.78, 5) is 10.8. The van der Waals surface area contributed by atoms with Gasteiger partial charge in [-0.3, -0.25) is 14.4 Å². The zero-order chi connectivity index (χ0) is 20.1. The molecule has 8 heteroatoms. The largest absolute Gasteiger partial charge is 0.488 e. The van der Waals surface area contributed by atoms with Crippen LogP contribution in [0.3, 0.4) is 0 Å². The van der Waals surface area contributed by atoms with Gasteiger partial charge in [-0.15, -0.1) is 0 Å². The second kappa shape index (κ2) is 9.16. The van der Waals surface area contributed by atoms with E-state index in [9.17, 15) is 9.50 Å². The number of fused-ring (bicyclic) bond motifs is 1. The van der Waals surface area contributed by atoms with Crippen LogP contribution in [0.15, 0.2) is 36.7 Å². The third kappa shape index (κ3) is 5.08. The first-order chi connectivity index (χ1) is 13.5. The molecule has 1 aromatic heterocycles. The van der Waals surface area contributed by atoms with Crippen LogP contribution >= 0.6 is 0 Å². The van der Waals surface area contributed by atoms with Crippen LogP contribution in [0, 0.1) is 17.7 Å². The molecular weight excluding hydrogens is 365 g/mol. The lowest BCUT2D eigenvalue weighted by atomic mass is 9.78. The van der Waals surface area contributed by atoms with E-state index in [0.717, 1.165) is 32.5 Å². The number of aromatic nitrogens is 2. The summed E-state index contributed by atoms with van der Waals surface area (Å²) in [6.45, 7) is 2.69. The highest BCUT2D eigenvalue weighted by Gasteiger charge is 2.42. The average molecular weight is 391 g/mol. The number of rotatable bonds is 4. The van der Waals surface area contributed by atoms with Gasteiger partial charge in [-0.2, -0.15) is 5.10 Å². The minimum absolute atomic E-state index is 0.218. The first kappa shape index (κ1) is 20.3. The van der Waals surface area contributed by atoms with Gasteiger partial charge in [0.05, 0.1) is 12.3 Å². The predicted molar refractivity (Wildman–Crippen MR) is 100 cm³/mol. The van der Waals surface area contributed by atoms with Crippen molar-refractivity contribution < 1.29 is 24.1 Å². The third-order valence-corrected chi connectivity index (χ3v) is 5.43. The number of aliphatic hydroxyl groups is 1. The standard InChI is InChI=1S/C19H24FN3O2.CH2O2/c1-22-9-13(8-21-22)10-23-11-14-6-18(24)19(7-15(14)12-23)25-17-4-2-16(20)3-5-17;2-1-3/h2-5,8-9,14-15,18-19,24H,6-7,10-12H2,1H3;1H,(H,2,3)/t14-,15+,18+,19+;/m0./s1. The molecular formula is C20H26FN3O4. The molecule has 1 aromatic carbocycles. The molecule has 1 aliphatic heterocycles. The summed E-state index contributed by atoms with van der Waals surface area (Å²) in [7, 11) is 1.93. The van der Waals surface area contributed by atoms with E-state index in [-0.39, 0.29) is 18.4 Å². The molecule has 0 radical (unpaired) electrons. The molecule has 0 unspecified atom stereocenters. The minimum Gasteiger partial charge on any atom is -0.488 e. The molecule has 0 amide bonds. The maximum Gasteiger partial charge on any atom is 0.290 e. The van der Waals surface area contributed by atoms with Gasteiger partial charge >= 0.3 is 0 Å². The topological polar surface area (TPSA) is 87.8 Å². The lowest BCUT2D eigenvalue weighted by molar-refractivity contribution is -0.122. The van der Waals surface area contributed by atoms with E-state index in [2.05, 4.69) is 16.2 Å². The normalized spacial score (nSPS) is 26.8. The van der Waals surface area contributed by atoms with E-state index >= 15 is 0 Å². The zero-order valence-corrected chi connectivity index (χ0v) is 15.8. The van der Waals surface area contributed by atoms with Gasteiger partial charge in [0.1, 0.15) is 17.7 Å². The lowest BCUT2D eigenvalue weighted by Crippen LogP contribution is -2.42. The Balaban J connectivity index is 0.000000706. The molecule has 4 rings (SSSR count). The molecule has 28 heavy (non-hydrogen) atoms. The van der Waals surface area contributed by atoms with Gasteiger partial charge in [0.2, 0.25) is 0 Å². The quantitative estimate of drug-likeness (QED) is 0.775. The summed E-state index contributed by atoms with van der Waals surface area (Å²) in [5.41, 5.74) is 1.22. The van der Waals surface area contributed by atoms with Crippen molar-refractivity contribution in [3.63, 3.8) is 0 Å². The number of carboxylic acid groups (broad SMARTS) is 1. The number of aryl methyl sites for hydroxylation is 1. The van der Waals surface area contributed by atoms with Gasteiger partial charge < -0.3 is 14.9 Å². The molecule has 0 bridgehead atoms. The summed E-state index contributed by atoms with van der Waals surface area (Å²) in [6.07, 6.45) is 4.89. The third-order valence-electron chi connectivity index (χ3n) is 5.43. The molecule has 2 heterocycles. The molecule has 1 saturated carbocycles. The van der Waals surface area contributed by atoms with Crippen molar-refractivity contribution in [3.05, 3.63) is 48.0 Å². The van der Waals surface area contributed by atoms with Crippen LogP contribution in [-0.2, 0) is 18.4 Å². The highest BCUT2D eigenvalue weighted by molar-refractivity contribution is 5.32. The van der Waals surface area contributed by atoms with Gasteiger partial charge in [-0.25, -0.2) is 4.39 Å². The maximum atomic E-state index is 13.0. The number of hydrogen-bond acceptors (Lipinski definition) is 5. The van der Waals surface area contributed by atoms with Crippen molar-refractivity contribution in [3.8, 4) is 5.75 Å². The van der Waals surface area contributed by atoms with E-state index in [1.807, 2.05) is 17.9 Å². The van der Waals surface area contributed by atoms with Crippen LogP contribution in [0.1, 0.15) is 18.4 Å². The Labute approximate surface area is 163 Å². The van der Waals surface area contributed by atoms with Crippen LogP contribution < -0.4 is 4.74 Å². The summed E-state index contributed by atoms with van der Waals surface area (Å²) < 4.78 is 20.8. The van der Waals surface area contributed by atoms with E-state index < -0.39 is 6.10 Å². The second-order valence-corrected chi connectivity index (χ2v) is 7.49. The number of nitrogens with zero attached hydrogens (tertiary/aromatic N) is 3. The fourth-order valence-corrected chi connectivity index (χ4v) is 4.24. The number of aliphatic hydroxyl groups excluding tert-OH is 1. The van der Waals surface area contributed by atoms with E-state index in [0.29, 0.717) is 17.6 Å². The average Bonchev–Trinajstić information content (AvgIpc) is 3.23. The smallest absolute Gasteiger partial charge is 0.290 e. The highest BCUT2D eigenvalue weighted by Crippen LogP contribution is 2.38. The van der Waals surface area contributed by atoms with E-state index in [4.69, 9.17) is 14.6 Å². The Kier molecular flexibility index (Phi) is 6.64. The van der Waals surface area contributed by atoms with Gasteiger partial charge in [0, 0.05) is 38.4 Å². The Morgan fingerprint density at radius 1 is 1.25 bits per heavy atom. The highest BCUT2D eigenvalue weighted by atomic mass is 19.1. The summed E-state index contributed by atoms with van der Waals surface area (Å²) in [6, 6.07) is 6.02. The van der Waals surface area contributed by atoms with Crippen LogP contribution in [0.2, 0.25) is 0 Å². The van der Waals surface area contributed by atoms with E-state index in [1.54, 1.807) is 12.1 Å². The Hall–Kier alpha value is -2.45. The zero-order valence-electron chi connectivity index (χ0n) is 15.8. The van der Waals surface area contributed by atoms with Crippen LogP contribution in [0.4, 0.5) is 4.39 Å². The Morgan fingerprint density at radius 2 is 1.89 bits per heavy atom. The fraction of sp³-hybridized carbons (Fsp3) is 0.500. The van der Waals surface area contributed by atoms with Crippen molar-refractivity contribution in [1.82, 2.24) is 14.7 Å². The maximum absolute atomic E-state index is 13.0. The molecule has 4 atom stereocenters. The van der Waals surface area contributed by atoms with Crippen molar-refractivity contribution in [1.29, 1.82) is 0 Å². The summed E-state index contributed by atoms with van der Waals surface area (Å²) >= 11 is 0. The molecule has 0 spiro atoms. The molecule has 2 fully saturated rings. The van der Waals surface area contributed by atoms with Crippen molar-refractivity contribution >= 4 is 6.47 Å². The molecule has 2 aliphatic rings. The van der Waals surface area contributed by atoms with Crippen molar-refractivity contribution in [2.24, 2.45) is 18.9 Å². The van der Waals surface area contributed by atoms with Crippen molar-refractivity contribution in [2.45, 2.75) is 31.6 Å². The number of ether oxygens (including phenoxy) is 1. The molecule has 2 N–H and O–H groups in total. The first-order valence-corrected chi connectivity index (χ1v) is 9.36. The number of carbonyl (C=O) groups is 1. The van der Waals surface area contributed by atoms with Gasteiger partial charge in [-0.1, -0.05) is 0 Å². The number of likely N-dealkylation sites (tertiary alicyclic amines) is 1. The minimum atomic E-state index is -0.468. The van der Waals surface area contributed by atoms with Crippen LogP contribution in [-0.4, -0.2) is 56.7 Å². The molecule has 7 nitrogen and oxygen atoms in total. The molecule has 2 aromatic rings.